The molecule has 0 aromatic rings. The molecule has 14 heavy (non-hydrogen) atoms. The van der Waals surface area contributed by atoms with Crippen molar-refractivity contribution >= 4 is 10.0 Å². The zero-order valence-electron chi connectivity index (χ0n) is 8.97. The van der Waals surface area contributed by atoms with Crippen LogP contribution in [0.2, 0.25) is 0 Å². The average molecular weight is 220 g/mol. The first-order chi connectivity index (χ1) is 6.54. The van der Waals surface area contributed by atoms with E-state index in [0.29, 0.717) is 13.0 Å². The minimum absolute atomic E-state index is 0.204. The molecule has 1 aliphatic carbocycles. The van der Waals surface area contributed by atoms with Crippen molar-refractivity contribution in [3.8, 4) is 0 Å². The average Bonchev–Trinajstić information content (AvgIpc) is 2.83. The predicted octanol–water partition coefficient (Wildman–Crippen LogP) is 0.315. The molecule has 0 aromatic heterocycles. The molecule has 1 fully saturated rings. The first-order valence-corrected chi connectivity index (χ1v) is 6.81. The van der Waals surface area contributed by atoms with Crippen molar-refractivity contribution in [3.05, 3.63) is 0 Å². The summed E-state index contributed by atoms with van der Waals surface area (Å²) in [6.45, 7) is 3.37. The third-order valence-electron chi connectivity index (χ3n) is 2.65. The number of rotatable bonds is 7. The zero-order valence-corrected chi connectivity index (χ0v) is 9.78. The van der Waals surface area contributed by atoms with Crippen LogP contribution in [0.4, 0.5) is 0 Å². The topological polar surface area (TPSA) is 58.2 Å². The Morgan fingerprint density at radius 3 is 2.36 bits per heavy atom. The maximum atomic E-state index is 11.4. The Morgan fingerprint density at radius 2 is 1.93 bits per heavy atom. The summed E-state index contributed by atoms with van der Waals surface area (Å²) in [4.78, 5) is 0. The van der Waals surface area contributed by atoms with Crippen molar-refractivity contribution in [2.45, 2.75) is 26.2 Å². The van der Waals surface area contributed by atoms with E-state index >= 15 is 0 Å². The normalized spacial score (nSPS) is 19.6. The van der Waals surface area contributed by atoms with Crippen LogP contribution in [0.15, 0.2) is 0 Å². The molecule has 4 nitrogen and oxygen atoms in total. The molecule has 1 rings (SSSR count). The summed E-state index contributed by atoms with van der Waals surface area (Å²) in [5.74, 6) is 0.239. The van der Waals surface area contributed by atoms with E-state index in [4.69, 9.17) is 0 Å². The highest BCUT2D eigenvalue weighted by Crippen LogP contribution is 2.44. The quantitative estimate of drug-likeness (QED) is 0.649. The fraction of sp³-hybridized carbons (Fsp3) is 1.00. The van der Waals surface area contributed by atoms with Gasteiger partial charge < -0.3 is 5.32 Å². The van der Waals surface area contributed by atoms with Crippen LogP contribution in [-0.2, 0) is 10.0 Å². The lowest BCUT2D eigenvalue weighted by molar-refractivity contribution is 0.468. The second-order valence-corrected chi connectivity index (χ2v) is 6.10. The van der Waals surface area contributed by atoms with Crippen LogP contribution >= 0.6 is 0 Å². The molecule has 1 saturated carbocycles. The highest BCUT2D eigenvalue weighted by Gasteiger charge is 2.42. The van der Waals surface area contributed by atoms with Crippen LogP contribution in [0.5, 0.6) is 0 Å². The Bertz CT molecular complexity index is 271. The molecule has 0 saturated heterocycles. The van der Waals surface area contributed by atoms with Crippen molar-refractivity contribution in [2.75, 3.05) is 25.9 Å². The first kappa shape index (κ1) is 11.9. The van der Waals surface area contributed by atoms with Gasteiger partial charge in [0.05, 0.1) is 5.75 Å². The van der Waals surface area contributed by atoms with Gasteiger partial charge in [0.2, 0.25) is 10.0 Å². The molecule has 1 aliphatic rings. The Balaban J connectivity index is 2.33. The molecule has 0 bridgehead atoms. The SMILES string of the molecule is CCCS(=O)(=O)NCC1(CNC)CC1. The molecule has 84 valence electrons. The molecule has 0 spiro atoms. The molecule has 0 aromatic carbocycles. The van der Waals surface area contributed by atoms with Gasteiger partial charge in [-0.1, -0.05) is 6.92 Å². The zero-order chi connectivity index (χ0) is 10.7. The molecular formula is C9H20N2O2S. The van der Waals surface area contributed by atoms with Crippen molar-refractivity contribution in [3.63, 3.8) is 0 Å². The third-order valence-corrected chi connectivity index (χ3v) is 4.18. The van der Waals surface area contributed by atoms with Gasteiger partial charge in [0.1, 0.15) is 0 Å². The maximum Gasteiger partial charge on any atom is 0.211 e. The number of hydrogen-bond donors (Lipinski definition) is 2. The van der Waals surface area contributed by atoms with Gasteiger partial charge >= 0.3 is 0 Å². The molecule has 0 aliphatic heterocycles. The van der Waals surface area contributed by atoms with Gasteiger partial charge in [-0.3, -0.25) is 0 Å². The molecule has 0 radical (unpaired) electrons. The molecule has 2 N–H and O–H groups in total. The Morgan fingerprint density at radius 1 is 1.29 bits per heavy atom. The van der Waals surface area contributed by atoms with E-state index in [0.717, 1.165) is 19.4 Å². The van der Waals surface area contributed by atoms with E-state index in [9.17, 15) is 8.42 Å². The molecule has 5 heteroatoms. The standard InChI is InChI=1S/C9H20N2O2S/c1-3-6-14(12,13)11-8-9(4-5-9)7-10-2/h10-11H,3-8H2,1-2H3. The number of sulfonamides is 1. The molecular weight excluding hydrogens is 200 g/mol. The molecule has 0 unspecified atom stereocenters. The smallest absolute Gasteiger partial charge is 0.211 e. The van der Waals surface area contributed by atoms with Gasteiger partial charge in [0.15, 0.2) is 0 Å². The van der Waals surface area contributed by atoms with Crippen LogP contribution in [0.3, 0.4) is 0 Å². The summed E-state index contributed by atoms with van der Waals surface area (Å²) < 4.78 is 25.4. The van der Waals surface area contributed by atoms with Crippen molar-refractivity contribution in [2.24, 2.45) is 5.41 Å². The molecule has 0 amide bonds. The van der Waals surface area contributed by atoms with Crippen LogP contribution < -0.4 is 10.0 Å². The summed E-state index contributed by atoms with van der Waals surface area (Å²) >= 11 is 0. The predicted molar refractivity (Wildman–Crippen MR) is 57.7 cm³/mol. The fourth-order valence-electron chi connectivity index (χ4n) is 1.57. The van der Waals surface area contributed by atoms with E-state index in [1.165, 1.54) is 0 Å². The van der Waals surface area contributed by atoms with Crippen LogP contribution in [0.1, 0.15) is 26.2 Å². The van der Waals surface area contributed by atoms with Gasteiger partial charge in [0, 0.05) is 13.1 Å². The molecule has 0 heterocycles. The van der Waals surface area contributed by atoms with Gasteiger partial charge in [-0.05, 0) is 31.7 Å². The Labute approximate surface area is 86.5 Å². The van der Waals surface area contributed by atoms with Gasteiger partial charge in [-0.15, -0.1) is 0 Å². The first-order valence-electron chi connectivity index (χ1n) is 5.15. The summed E-state index contributed by atoms with van der Waals surface area (Å²) in [5, 5.41) is 3.10. The highest BCUT2D eigenvalue weighted by atomic mass is 32.2. The van der Waals surface area contributed by atoms with E-state index < -0.39 is 10.0 Å². The second kappa shape index (κ2) is 4.59. The lowest BCUT2D eigenvalue weighted by Gasteiger charge is -2.15. The van der Waals surface area contributed by atoms with E-state index in [1.807, 2.05) is 14.0 Å². The Hall–Kier alpha value is -0.130. The van der Waals surface area contributed by atoms with Crippen LogP contribution in [-0.4, -0.2) is 34.3 Å². The maximum absolute atomic E-state index is 11.4. The molecule has 0 atom stereocenters. The lowest BCUT2D eigenvalue weighted by atomic mass is 10.1. The fourth-order valence-corrected chi connectivity index (χ4v) is 2.78. The van der Waals surface area contributed by atoms with E-state index in [-0.39, 0.29) is 11.2 Å². The van der Waals surface area contributed by atoms with E-state index in [1.54, 1.807) is 0 Å². The van der Waals surface area contributed by atoms with Gasteiger partial charge in [0.25, 0.3) is 0 Å². The third kappa shape index (κ3) is 3.55. The number of nitrogens with one attached hydrogen (secondary N) is 2. The van der Waals surface area contributed by atoms with Crippen molar-refractivity contribution < 1.29 is 8.42 Å². The van der Waals surface area contributed by atoms with Gasteiger partial charge in [-0.25, -0.2) is 13.1 Å². The summed E-state index contributed by atoms with van der Waals surface area (Å²) in [7, 11) is -1.12. The number of hydrogen-bond acceptors (Lipinski definition) is 3. The second-order valence-electron chi connectivity index (χ2n) is 4.17. The van der Waals surface area contributed by atoms with Crippen LogP contribution in [0.25, 0.3) is 0 Å². The minimum atomic E-state index is -3.02. The van der Waals surface area contributed by atoms with E-state index in [2.05, 4.69) is 10.0 Å². The largest absolute Gasteiger partial charge is 0.319 e. The highest BCUT2D eigenvalue weighted by molar-refractivity contribution is 7.89. The summed E-state index contributed by atoms with van der Waals surface area (Å²) in [6.07, 6.45) is 2.93. The Kier molecular flexibility index (Phi) is 3.92. The summed E-state index contributed by atoms with van der Waals surface area (Å²) in [5.41, 5.74) is 0.204. The minimum Gasteiger partial charge on any atom is -0.319 e. The van der Waals surface area contributed by atoms with Gasteiger partial charge in [-0.2, -0.15) is 0 Å². The monoisotopic (exact) mass is 220 g/mol. The van der Waals surface area contributed by atoms with Crippen LogP contribution in [0, 0.1) is 5.41 Å². The van der Waals surface area contributed by atoms with Crippen molar-refractivity contribution in [1.29, 1.82) is 0 Å². The van der Waals surface area contributed by atoms with Crippen molar-refractivity contribution in [1.82, 2.24) is 10.0 Å². The lowest BCUT2D eigenvalue weighted by Crippen LogP contribution is -2.35. The summed E-state index contributed by atoms with van der Waals surface area (Å²) in [6, 6.07) is 0.